The van der Waals surface area contributed by atoms with Crippen molar-refractivity contribution in [2.45, 2.75) is 13.8 Å². The van der Waals surface area contributed by atoms with Crippen LogP contribution in [0.2, 0.25) is 0 Å². The summed E-state index contributed by atoms with van der Waals surface area (Å²) in [6.45, 7) is 3.04. The number of benzene rings is 1. The van der Waals surface area contributed by atoms with E-state index in [2.05, 4.69) is 4.98 Å². The Morgan fingerprint density at radius 3 is 2.61 bits per heavy atom. The van der Waals surface area contributed by atoms with Crippen molar-refractivity contribution < 1.29 is 9.59 Å². The van der Waals surface area contributed by atoms with E-state index in [1.165, 1.54) is 13.8 Å². The molecule has 18 heavy (non-hydrogen) atoms. The monoisotopic (exact) mass is 240 g/mol. The molecule has 0 fully saturated rings. The molecule has 1 aromatic carbocycles. The standard InChI is InChI=1S/C14H12N2O2/c1-8(17)11-7-15-12-4-3-10-5-6-16(9(2)18)14(10)13(11)12/h3-7,15H,1-2H3. The van der Waals surface area contributed by atoms with E-state index in [1.54, 1.807) is 17.0 Å². The first-order valence-corrected chi connectivity index (χ1v) is 5.72. The lowest BCUT2D eigenvalue weighted by Crippen LogP contribution is -2.04. The number of rotatable bonds is 1. The Hall–Kier alpha value is -2.36. The molecule has 1 N–H and O–H groups in total. The van der Waals surface area contributed by atoms with Crippen molar-refractivity contribution in [3.05, 3.63) is 36.2 Å². The average molecular weight is 240 g/mol. The van der Waals surface area contributed by atoms with Gasteiger partial charge in [0.25, 0.3) is 0 Å². The molecule has 0 aliphatic heterocycles. The van der Waals surface area contributed by atoms with Crippen LogP contribution >= 0.6 is 0 Å². The van der Waals surface area contributed by atoms with Crippen LogP contribution in [-0.2, 0) is 0 Å². The highest BCUT2D eigenvalue weighted by Crippen LogP contribution is 2.29. The summed E-state index contributed by atoms with van der Waals surface area (Å²) in [5.41, 5.74) is 2.29. The van der Waals surface area contributed by atoms with Crippen LogP contribution in [-0.4, -0.2) is 21.2 Å². The van der Waals surface area contributed by atoms with Gasteiger partial charge in [-0.3, -0.25) is 14.2 Å². The Morgan fingerprint density at radius 2 is 1.94 bits per heavy atom. The molecule has 0 spiro atoms. The third-order valence-corrected chi connectivity index (χ3v) is 3.21. The highest BCUT2D eigenvalue weighted by Gasteiger charge is 2.15. The van der Waals surface area contributed by atoms with E-state index in [-0.39, 0.29) is 11.7 Å². The molecule has 2 heterocycles. The number of nitrogens with one attached hydrogen (secondary N) is 1. The fourth-order valence-electron chi connectivity index (χ4n) is 2.39. The number of carbonyl (C=O) groups excluding carboxylic acids is 2. The largest absolute Gasteiger partial charge is 0.360 e. The van der Waals surface area contributed by atoms with E-state index in [0.29, 0.717) is 5.56 Å². The van der Waals surface area contributed by atoms with E-state index in [1.807, 2.05) is 18.2 Å². The number of ketones is 1. The molecule has 0 aliphatic carbocycles. The molecule has 0 bridgehead atoms. The summed E-state index contributed by atoms with van der Waals surface area (Å²) in [7, 11) is 0. The van der Waals surface area contributed by atoms with Gasteiger partial charge >= 0.3 is 0 Å². The van der Waals surface area contributed by atoms with E-state index in [4.69, 9.17) is 0 Å². The van der Waals surface area contributed by atoms with Crippen LogP contribution in [0.25, 0.3) is 21.8 Å². The van der Waals surface area contributed by atoms with Crippen molar-refractivity contribution in [2.75, 3.05) is 0 Å². The highest BCUT2D eigenvalue weighted by molar-refractivity contribution is 6.17. The van der Waals surface area contributed by atoms with Crippen molar-refractivity contribution in [3.63, 3.8) is 0 Å². The summed E-state index contributed by atoms with van der Waals surface area (Å²) < 4.78 is 1.58. The smallest absolute Gasteiger partial charge is 0.227 e. The molecule has 0 saturated carbocycles. The zero-order chi connectivity index (χ0) is 12.9. The average Bonchev–Trinajstić information content (AvgIpc) is 2.91. The molecule has 0 radical (unpaired) electrons. The second-order valence-electron chi connectivity index (χ2n) is 4.39. The number of hydrogen-bond donors (Lipinski definition) is 1. The Morgan fingerprint density at radius 1 is 1.17 bits per heavy atom. The highest BCUT2D eigenvalue weighted by atomic mass is 16.1. The Bertz CT molecular complexity index is 725. The van der Waals surface area contributed by atoms with Gasteiger partial charge in [-0.1, -0.05) is 6.07 Å². The van der Waals surface area contributed by atoms with E-state index >= 15 is 0 Å². The summed E-state index contributed by atoms with van der Waals surface area (Å²) in [4.78, 5) is 26.4. The SMILES string of the molecule is CC(=O)c1c[nH]c2ccc3ccn(C(C)=O)c3c12. The van der Waals surface area contributed by atoms with Gasteiger partial charge in [-0.25, -0.2) is 0 Å². The second-order valence-corrected chi connectivity index (χ2v) is 4.39. The zero-order valence-electron chi connectivity index (χ0n) is 10.2. The molecule has 0 atom stereocenters. The fraction of sp³-hybridized carbons (Fsp3) is 0.143. The maximum Gasteiger partial charge on any atom is 0.227 e. The normalized spacial score (nSPS) is 11.2. The van der Waals surface area contributed by atoms with E-state index in [9.17, 15) is 9.59 Å². The number of Topliss-reactive ketones (excluding diaryl/α,β-unsaturated/α-hetero) is 1. The molecule has 90 valence electrons. The first-order chi connectivity index (χ1) is 8.59. The van der Waals surface area contributed by atoms with E-state index in [0.717, 1.165) is 21.8 Å². The van der Waals surface area contributed by atoms with Crippen LogP contribution in [0, 0.1) is 0 Å². The predicted octanol–water partition coefficient (Wildman–Crippen LogP) is 2.99. The van der Waals surface area contributed by atoms with Crippen molar-refractivity contribution in [1.29, 1.82) is 0 Å². The lowest BCUT2D eigenvalue weighted by Gasteiger charge is -2.02. The van der Waals surface area contributed by atoms with Crippen molar-refractivity contribution in [1.82, 2.24) is 9.55 Å². The summed E-state index contributed by atoms with van der Waals surface area (Å²) in [6, 6.07) is 5.75. The number of hydrogen-bond acceptors (Lipinski definition) is 2. The summed E-state index contributed by atoms with van der Waals surface area (Å²) >= 11 is 0. The van der Waals surface area contributed by atoms with E-state index < -0.39 is 0 Å². The Kier molecular flexibility index (Phi) is 2.13. The van der Waals surface area contributed by atoms with Crippen molar-refractivity contribution >= 4 is 33.5 Å². The number of H-pyrrole nitrogens is 1. The topological polar surface area (TPSA) is 54.9 Å². The number of carbonyl (C=O) groups is 2. The maximum absolute atomic E-state index is 11.7. The van der Waals surface area contributed by atoms with Gasteiger partial charge in [-0.2, -0.15) is 0 Å². The van der Waals surface area contributed by atoms with Gasteiger partial charge in [-0.15, -0.1) is 0 Å². The number of fused-ring (bicyclic) bond motifs is 3. The molecular weight excluding hydrogens is 228 g/mol. The molecule has 0 aliphatic rings. The minimum atomic E-state index is -0.0618. The Labute approximate surface area is 103 Å². The van der Waals surface area contributed by atoms with Gasteiger partial charge in [0.2, 0.25) is 5.91 Å². The minimum Gasteiger partial charge on any atom is -0.360 e. The molecular formula is C14H12N2O2. The molecule has 3 aromatic rings. The molecule has 3 rings (SSSR count). The van der Waals surface area contributed by atoms with Crippen LogP contribution in [0.5, 0.6) is 0 Å². The van der Waals surface area contributed by atoms with Gasteiger partial charge in [-0.05, 0) is 19.1 Å². The molecule has 2 aromatic heterocycles. The first-order valence-electron chi connectivity index (χ1n) is 5.72. The quantitative estimate of drug-likeness (QED) is 0.665. The lowest BCUT2D eigenvalue weighted by molar-refractivity contribution is 0.0940. The van der Waals surface area contributed by atoms with Crippen LogP contribution in [0.4, 0.5) is 0 Å². The van der Waals surface area contributed by atoms with Crippen LogP contribution in [0.15, 0.2) is 30.6 Å². The van der Waals surface area contributed by atoms with Crippen molar-refractivity contribution in [3.8, 4) is 0 Å². The molecule has 4 nitrogen and oxygen atoms in total. The first kappa shape index (κ1) is 10.8. The molecule has 0 unspecified atom stereocenters. The Balaban J connectivity index is 2.56. The van der Waals surface area contributed by atoms with Crippen LogP contribution < -0.4 is 0 Å². The van der Waals surface area contributed by atoms with Gasteiger partial charge < -0.3 is 4.98 Å². The third-order valence-electron chi connectivity index (χ3n) is 3.21. The van der Waals surface area contributed by atoms with Gasteiger partial charge in [0.15, 0.2) is 5.78 Å². The second kappa shape index (κ2) is 3.57. The molecule has 4 heteroatoms. The lowest BCUT2D eigenvalue weighted by atomic mass is 10.1. The predicted molar refractivity (Wildman–Crippen MR) is 70.1 cm³/mol. The van der Waals surface area contributed by atoms with Crippen molar-refractivity contribution in [2.24, 2.45) is 0 Å². The third kappa shape index (κ3) is 1.32. The number of aromatic nitrogens is 2. The fourth-order valence-corrected chi connectivity index (χ4v) is 2.39. The number of aromatic amines is 1. The summed E-state index contributed by atoms with van der Waals surface area (Å²) in [6.07, 6.45) is 3.44. The molecule has 0 amide bonds. The minimum absolute atomic E-state index is 0.00921. The van der Waals surface area contributed by atoms with Gasteiger partial charge in [0.1, 0.15) is 0 Å². The van der Waals surface area contributed by atoms with Gasteiger partial charge in [0.05, 0.1) is 5.52 Å². The molecule has 0 saturated heterocycles. The maximum atomic E-state index is 11.7. The summed E-state index contributed by atoms with van der Waals surface area (Å²) in [5, 5.41) is 1.78. The number of nitrogens with zero attached hydrogens (tertiary/aromatic N) is 1. The zero-order valence-corrected chi connectivity index (χ0v) is 10.2. The van der Waals surface area contributed by atoms with Crippen LogP contribution in [0.3, 0.4) is 0 Å². The summed E-state index contributed by atoms with van der Waals surface area (Å²) in [5.74, 6) is -0.0711. The van der Waals surface area contributed by atoms with Crippen LogP contribution in [0.1, 0.15) is 29.0 Å². The van der Waals surface area contributed by atoms with Gasteiger partial charge in [0, 0.05) is 41.2 Å².